The molecule has 2 N–H and O–H groups in total. The van der Waals surface area contributed by atoms with E-state index in [1.54, 1.807) is 38.1 Å². The van der Waals surface area contributed by atoms with Gasteiger partial charge in [0.25, 0.3) is 0 Å². The van der Waals surface area contributed by atoms with Gasteiger partial charge in [0.2, 0.25) is 5.60 Å². The number of halogens is 3. The molecule has 1 aromatic heterocycles. The molecule has 3 aromatic rings. The summed E-state index contributed by atoms with van der Waals surface area (Å²) >= 11 is 0. The number of hydrogen-bond donors (Lipinski definition) is 2. The molecule has 1 unspecified atom stereocenters. The zero-order valence-corrected chi connectivity index (χ0v) is 18.0. The summed E-state index contributed by atoms with van der Waals surface area (Å²) < 4.78 is 42.8. The molecule has 1 aliphatic rings. The van der Waals surface area contributed by atoms with Crippen LogP contribution in [0.1, 0.15) is 55.1 Å². The first kappa shape index (κ1) is 22.2. The van der Waals surface area contributed by atoms with Crippen LogP contribution >= 0.6 is 0 Å². The van der Waals surface area contributed by atoms with E-state index in [1.165, 1.54) is 12.3 Å². The van der Waals surface area contributed by atoms with Crippen molar-refractivity contribution in [2.45, 2.75) is 57.7 Å². The fourth-order valence-corrected chi connectivity index (χ4v) is 4.44. The summed E-state index contributed by atoms with van der Waals surface area (Å²) in [6.45, 7) is 5.33. The average Bonchev–Trinajstić information content (AvgIpc) is 2.74. The fourth-order valence-electron chi connectivity index (χ4n) is 4.44. The van der Waals surface area contributed by atoms with E-state index in [-0.39, 0.29) is 17.0 Å². The fraction of sp³-hybridized carbons (Fsp3) is 0.375. The van der Waals surface area contributed by atoms with E-state index in [2.05, 4.69) is 15.0 Å². The van der Waals surface area contributed by atoms with Crippen LogP contribution in [0.5, 0.6) is 5.75 Å². The number of phenolic OH excluding ortho intramolecular Hbond substituents is 1. The summed E-state index contributed by atoms with van der Waals surface area (Å²) in [6.07, 6.45) is -3.18. The van der Waals surface area contributed by atoms with Crippen LogP contribution in [0, 0.1) is 6.92 Å². The number of aromatic hydroxyl groups is 1. The van der Waals surface area contributed by atoms with E-state index < -0.39 is 29.8 Å². The maximum Gasteiger partial charge on any atom is 0.423 e. The predicted octanol–water partition coefficient (Wildman–Crippen LogP) is 5.52. The van der Waals surface area contributed by atoms with Crippen LogP contribution in [0.15, 0.2) is 41.5 Å². The quantitative estimate of drug-likeness (QED) is 0.559. The number of hydrogen-bond acceptors (Lipinski definition) is 5. The number of aryl methyl sites for hydroxylation is 2. The molecular formula is C24H24F3N3O2. The van der Waals surface area contributed by atoms with Crippen LogP contribution in [0.4, 0.5) is 18.9 Å². The van der Waals surface area contributed by atoms with Gasteiger partial charge in [-0.2, -0.15) is 13.2 Å². The largest absolute Gasteiger partial charge is 0.507 e. The van der Waals surface area contributed by atoms with Gasteiger partial charge >= 0.3 is 6.18 Å². The minimum atomic E-state index is -4.95. The number of nitrogens with zero attached hydrogens (tertiary/aromatic N) is 3. The van der Waals surface area contributed by atoms with E-state index in [1.807, 2.05) is 6.92 Å². The molecule has 0 saturated heterocycles. The third-order valence-electron chi connectivity index (χ3n) is 6.20. The summed E-state index contributed by atoms with van der Waals surface area (Å²) in [5, 5.41) is 22.4. The highest BCUT2D eigenvalue weighted by Gasteiger charge is 2.61. The second-order valence-corrected chi connectivity index (χ2v) is 8.14. The Labute approximate surface area is 183 Å². The van der Waals surface area contributed by atoms with Crippen molar-refractivity contribution in [3.05, 3.63) is 59.0 Å². The molecule has 1 aliphatic carbocycles. The molecule has 0 amide bonds. The number of aromatic nitrogens is 2. The monoisotopic (exact) mass is 443 g/mol. The van der Waals surface area contributed by atoms with Crippen molar-refractivity contribution in [3.8, 4) is 5.75 Å². The van der Waals surface area contributed by atoms with Crippen molar-refractivity contribution in [1.82, 2.24) is 9.97 Å². The first-order valence-electron chi connectivity index (χ1n) is 10.6. The number of aliphatic hydroxyl groups is 1. The van der Waals surface area contributed by atoms with E-state index in [0.29, 0.717) is 40.7 Å². The lowest BCUT2D eigenvalue weighted by Gasteiger charge is -2.40. The number of phenols is 1. The van der Waals surface area contributed by atoms with Gasteiger partial charge in [-0.15, -0.1) is 0 Å². The smallest absolute Gasteiger partial charge is 0.423 e. The molecule has 5 nitrogen and oxygen atoms in total. The molecule has 168 valence electrons. The summed E-state index contributed by atoms with van der Waals surface area (Å²) in [5.74, 6) is -0.161. The van der Waals surface area contributed by atoms with E-state index >= 15 is 0 Å². The molecule has 2 aromatic carbocycles. The van der Waals surface area contributed by atoms with Crippen LogP contribution < -0.4 is 0 Å². The van der Waals surface area contributed by atoms with Crippen molar-refractivity contribution in [2.24, 2.45) is 4.99 Å². The Morgan fingerprint density at radius 2 is 1.94 bits per heavy atom. The predicted molar refractivity (Wildman–Crippen MR) is 117 cm³/mol. The lowest BCUT2D eigenvalue weighted by atomic mass is 9.70. The molecule has 0 saturated carbocycles. The number of aliphatic imine (C=N–C) groups is 1. The second-order valence-electron chi connectivity index (χ2n) is 8.14. The van der Waals surface area contributed by atoms with E-state index in [9.17, 15) is 23.4 Å². The number of fused-ring (bicyclic) bond motifs is 2. The molecule has 0 aliphatic heterocycles. The molecule has 0 fully saturated rings. The normalized spacial score (nSPS) is 22.3. The first-order valence-corrected chi connectivity index (χ1v) is 10.6. The lowest BCUT2D eigenvalue weighted by molar-refractivity contribution is -0.234. The molecule has 0 bridgehead atoms. The van der Waals surface area contributed by atoms with Crippen molar-refractivity contribution in [1.29, 1.82) is 0 Å². The van der Waals surface area contributed by atoms with Gasteiger partial charge in [0.1, 0.15) is 11.6 Å². The summed E-state index contributed by atoms with van der Waals surface area (Å²) in [4.78, 5) is 12.8. The summed E-state index contributed by atoms with van der Waals surface area (Å²) in [5.41, 5.74) is -1.74. The molecule has 4 rings (SSSR count). The van der Waals surface area contributed by atoms with Crippen molar-refractivity contribution < 1.29 is 23.4 Å². The zero-order chi connectivity index (χ0) is 23.3. The Morgan fingerprint density at radius 1 is 1.19 bits per heavy atom. The molecular weight excluding hydrogens is 419 g/mol. The van der Waals surface area contributed by atoms with Crippen LogP contribution in [-0.4, -0.2) is 37.7 Å². The van der Waals surface area contributed by atoms with Crippen molar-refractivity contribution >= 4 is 22.3 Å². The van der Waals surface area contributed by atoms with Crippen molar-refractivity contribution in [3.63, 3.8) is 0 Å². The molecule has 2 atom stereocenters. The van der Waals surface area contributed by atoms with Crippen molar-refractivity contribution in [2.75, 3.05) is 0 Å². The maximum atomic E-state index is 14.3. The highest BCUT2D eigenvalue weighted by atomic mass is 19.4. The minimum absolute atomic E-state index is 0.0225. The minimum Gasteiger partial charge on any atom is -0.507 e. The number of benzene rings is 2. The lowest BCUT2D eigenvalue weighted by Crippen LogP contribution is -2.55. The molecule has 8 heteroatoms. The van der Waals surface area contributed by atoms with Gasteiger partial charge in [0, 0.05) is 22.7 Å². The van der Waals surface area contributed by atoms with Crippen LogP contribution in [-0.2, 0) is 6.42 Å². The van der Waals surface area contributed by atoms with Gasteiger partial charge in [0.05, 0.1) is 16.9 Å². The van der Waals surface area contributed by atoms with E-state index in [0.717, 1.165) is 0 Å². The van der Waals surface area contributed by atoms with Gasteiger partial charge in [-0.1, -0.05) is 32.0 Å². The molecule has 1 heterocycles. The van der Waals surface area contributed by atoms with Crippen LogP contribution in [0.3, 0.4) is 0 Å². The Hall–Kier alpha value is -3.00. The zero-order valence-electron chi connectivity index (χ0n) is 18.0. The summed E-state index contributed by atoms with van der Waals surface area (Å²) in [6, 6.07) is 8.06. The molecule has 0 radical (unpaired) electrons. The molecule has 0 spiro atoms. The third kappa shape index (κ3) is 3.43. The SMILES string of the molecule is CCc1ccc2c(c1O)C(CC)C[C@](O)(C(F)(F)F)C2=Nc1cccc2nc(C)ncc12. The van der Waals surface area contributed by atoms with E-state index in [4.69, 9.17) is 0 Å². The Balaban J connectivity index is 2.05. The highest BCUT2D eigenvalue weighted by Crippen LogP contribution is 2.50. The highest BCUT2D eigenvalue weighted by molar-refractivity contribution is 6.12. The summed E-state index contributed by atoms with van der Waals surface area (Å²) in [7, 11) is 0. The third-order valence-corrected chi connectivity index (χ3v) is 6.20. The topological polar surface area (TPSA) is 78.6 Å². The number of alkyl halides is 3. The first-order chi connectivity index (χ1) is 15.1. The van der Waals surface area contributed by atoms with Crippen LogP contribution in [0.2, 0.25) is 0 Å². The Kier molecular flexibility index (Phi) is 5.45. The number of rotatable bonds is 3. The van der Waals surface area contributed by atoms with Gasteiger partial charge < -0.3 is 10.2 Å². The van der Waals surface area contributed by atoms with Gasteiger partial charge in [-0.25, -0.2) is 15.0 Å². The van der Waals surface area contributed by atoms with Gasteiger partial charge in [0.15, 0.2) is 0 Å². The molecule has 32 heavy (non-hydrogen) atoms. The Morgan fingerprint density at radius 3 is 2.59 bits per heavy atom. The van der Waals surface area contributed by atoms with Gasteiger partial charge in [-0.05, 0) is 49.8 Å². The standard InChI is InChI=1S/C24H24F3N3O2/c1-4-14-9-10-16-20(21(14)31)15(5-2)11-23(32,24(25,26)27)22(16)30-19-8-6-7-18-17(19)12-28-13(3)29-18/h6-10,12,15,31-32H,4-5,11H2,1-3H3/t15?,23-/m1/s1. The van der Waals surface area contributed by atoms with Gasteiger partial charge in [-0.3, -0.25) is 0 Å². The van der Waals surface area contributed by atoms with Crippen LogP contribution in [0.25, 0.3) is 10.9 Å². The second kappa shape index (κ2) is 7.85. The maximum absolute atomic E-state index is 14.3. The average molecular weight is 443 g/mol. The Bertz CT molecular complexity index is 1220.